The highest BCUT2D eigenvalue weighted by molar-refractivity contribution is 5.92. The number of nitrogens with one attached hydrogen (secondary N) is 1. The van der Waals surface area contributed by atoms with Crippen LogP contribution in [-0.4, -0.2) is 18.4 Å². The van der Waals surface area contributed by atoms with Gasteiger partial charge in [0.25, 0.3) is 0 Å². The minimum Gasteiger partial charge on any atom is -0.366 e. The van der Waals surface area contributed by atoms with Crippen LogP contribution < -0.4 is 16.8 Å². The number of hydrogen-bond acceptors (Lipinski definition) is 3. The topological polar surface area (TPSA) is 98.2 Å². The molecule has 20 heavy (non-hydrogen) atoms. The van der Waals surface area contributed by atoms with Gasteiger partial charge in [-0.05, 0) is 30.5 Å². The summed E-state index contributed by atoms with van der Waals surface area (Å²) in [5.74, 6) is -0.450. The SMILES string of the molecule is NCC1(C(=O)NCc2cccc(C(N)=O)c2)CCCC1. The lowest BCUT2D eigenvalue weighted by Gasteiger charge is -2.25. The van der Waals surface area contributed by atoms with E-state index >= 15 is 0 Å². The van der Waals surface area contributed by atoms with Crippen molar-refractivity contribution in [1.29, 1.82) is 0 Å². The van der Waals surface area contributed by atoms with E-state index in [9.17, 15) is 9.59 Å². The Bertz CT molecular complexity index is 508. The Hall–Kier alpha value is -1.88. The van der Waals surface area contributed by atoms with Gasteiger partial charge < -0.3 is 16.8 Å². The van der Waals surface area contributed by atoms with Crippen molar-refractivity contribution in [1.82, 2.24) is 5.32 Å². The van der Waals surface area contributed by atoms with E-state index in [1.165, 1.54) is 0 Å². The van der Waals surface area contributed by atoms with Crippen LogP contribution in [0.15, 0.2) is 24.3 Å². The van der Waals surface area contributed by atoms with E-state index in [1.54, 1.807) is 18.2 Å². The Morgan fingerprint density at radius 3 is 2.55 bits per heavy atom. The molecule has 0 spiro atoms. The molecule has 5 heteroatoms. The molecule has 1 aliphatic rings. The predicted molar refractivity (Wildman–Crippen MR) is 76.8 cm³/mol. The summed E-state index contributed by atoms with van der Waals surface area (Å²) in [6.07, 6.45) is 3.83. The highest BCUT2D eigenvalue weighted by Gasteiger charge is 2.39. The molecule has 1 saturated carbocycles. The maximum absolute atomic E-state index is 12.3. The van der Waals surface area contributed by atoms with Crippen LogP contribution in [0.25, 0.3) is 0 Å². The normalized spacial score (nSPS) is 16.9. The molecule has 0 aliphatic heterocycles. The molecule has 0 atom stereocenters. The van der Waals surface area contributed by atoms with Gasteiger partial charge in [0.1, 0.15) is 0 Å². The molecule has 0 aromatic heterocycles. The molecule has 2 amide bonds. The molecule has 1 aliphatic carbocycles. The van der Waals surface area contributed by atoms with Crippen molar-refractivity contribution in [2.45, 2.75) is 32.2 Å². The molecule has 1 aromatic rings. The minimum atomic E-state index is -0.465. The van der Waals surface area contributed by atoms with E-state index in [2.05, 4.69) is 5.32 Å². The molecule has 0 radical (unpaired) electrons. The van der Waals surface area contributed by atoms with Crippen LogP contribution in [0.4, 0.5) is 0 Å². The van der Waals surface area contributed by atoms with Gasteiger partial charge in [-0.15, -0.1) is 0 Å². The maximum atomic E-state index is 12.3. The van der Waals surface area contributed by atoms with Crippen LogP contribution in [0.5, 0.6) is 0 Å². The van der Waals surface area contributed by atoms with Gasteiger partial charge in [0.2, 0.25) is 11.8 Å². The van der Waals surface area contributed by atoms with Gasteiger partial charge in [-0.2, -0.15) is 0 Å². The Morgan fingerprint density at radius 2 is 1.95 bits per heavy atom. The summed E-state index contributed by atoms with van der Waals surface area (Å²) in [6, 6.07) is 6.98. The quantitative estimate of drug-likeness (QED) is 0.745. The summed E-state index contributed by atoms with van der Waals surface area (Å²) in [5, 5.41) is 2.93. The van der Waals surface area contributed by atoms with E-state index in [0.29, 0.717) is 18.7 Å². The first-order valence-electron chi connectivity index (χ1n) is 6.94. The first kappa shape index (κ1) is 14.5. The van der Waals surface area contributed by atoms with Crippen LogP contribution >= 0.6 is 0 Å². The Balaban J connectivity index is 1.99. The fraction of sp³-hybridized carbons (Fsp3) is 0.467. The standard InChI is InChI=1S/C15H21N3O2/c16-10-15(6-1-2-7-15)14(20)18-9-11-4-3-5-12(8-11)13(17)19/h3-5,8H,1-2,6-7,9-10,16H2,(H2,17,19)(H,18,20). The van der Waals surface area contributed by atoms with Gasteiger partial charge in [-0.3, -0.25) is 9.59 Å². The third kappa shape index (κ3) is 2.99. The van der Waals surface area contributed by atoms with Crippen LogP contribution in [0.3, 0.4) is 0 Å². The fourth-order valence-electron chi connectivity index (χ4n) is 2.78. The van der Waals surface area contributed by atoms with Crippen molar-refractivity contribution in [3.8, 4) is 0 Å². The number of nitrogens with two attached hydrogens (primary N) is 2. The zero-order chi connectivity index (χ0) is 14.6. The molecule has 0 saturated heterocycles. The summed E-state index contributed by atoms with van der Waals surface area (Å²) < 4.78 is 0. The van der Waals surface area contributed by atoms with E-state index in [4.69, 9.17) is 11.5 Å². The zero-order valence-electron chi connectivity index (χ0n) is 11.5. The van der Waals surface area contributed by atoms with Crippen molar-refractivity contribution in [2.24, 2.45) is 16.9 Å². The first-order valence-corrected chi connectivity index (χ1v) is 6.94. The summed E-state index contributed by atoms with van der Waals surface area (Å²) in [5.41, 5.74) is 11.9. The second-order valence-corrected chi connectivity index (χ2v) is 5.44. The molecule has 5 nitrogen and oxygen atoms in total. The Morgan fingerprint density at radius 1 is 1.25 bits per heavy atom. The minimum absolute atomic E-state index is 0.0157. The van der Waals surface area contributed by atoms with Crippen molar-refractivity contribution < 1.29 is 9.59 Å². The van der Waals surface area contributed by atoms with E-state index in [0.717, 1.165) is 31.2 Å². The van der Waals surface area contributed by atoms with Crippen molar-refractivity contribution >= 4 is 11.8 Å². The molecule has 0 unspecified atom stereocenters. The first-order chi connectivity index (χ1) is 9.57. The summed E-state index contributed by atoms with van der Waals surface area (Å²) in [4.78, 5) is 23.4. The largest absolute Gasteiger partial charge is 0.366 e. The van der Waals surface area contributed by atoms with Gasteiger partial charge in [0.15, 0.2) is 0 Å². The van der Waals surface area contributed by atoms with Gasteiger partial charge >= 0.3 is 0 Å². The number of rotatable bonds is 5. The van der Waals surface area contributed by atoms with Gasteiger partial charge in [-0.1, -0.05) is 25.0 Å². The zero-order valence-corrected chi connectivity index (χ0v) is 11.5. The van der Waals surface area contributed by atoms with Crippen LogP contribution in [-0.2, 0) is 11.3 Å². The van der Waals surface area contributed by atoms with Crippen molar-refractivity contribution in [3.63, 3.8) is 0 Å². The van der Waals surface area contributed by atoms with Crippen LogP contribution in [0, 0.1) is 5.41 Å². The third-order valence-corrected chi connectivity index (χ3v) is 4.10. The average Bonchev–Trinajstić information content (AvgIpc) is 2.95. The molecule has 0 bridgehead atoms. The van der Waals surface area contributed by atoms with E-state index in [-0.39, 0.29) is 5.91 Å². The second-order valence-electron chi connectivity index (χ2n) is 5.44. The lowest BCUT2D eigenvalue weighted by molar-refractivity contribution is -0.130. The van der Waals surface area contributed by atoms with Crippen molar-refractivity contribution in [3.05, 3.63) is 35.4 Å². The van der Waals surface area contributed by atoms with Gasteiger partial charge in [0, 0.05) is 18.7 Å². The number of carbonyl (C=O) groups excluding carboxylic acids is 2. The van der Waals surface area contributed by atoms with Crippen LogP contribution in [0.1, 0.15) is 41.6 Å². The molecule has 1 aromatic carbocycles. The molecular weight excluding hydrogens is 254 g/mol. The number of hydrogen-bond donors (Lipinski definition) is 3. The number of carbonyl (C=O) groups is 2. The third-order valence-electron chi connectivity index (χ3n) is 4.10. The van der Waals surface area contributed by atoms with E-state index < -0.39 is 11.3 Å². The molecule has 2 rings (SSSR count). The highest BCUT2D eigenvalue weighted by Crippen LogP contribution is 2.37. The number of primary amides is 1. The summed E-state index contributed by atoms with van der Waals surface area (Å²) >= 11 is 0. The molecule has 5 N–H and O–H groups in total. The number of benzene rings is 1. The Labute approximate surface area is 118 Å². The Kier molecular flexibility index (Phi) is 4.39. The predicted octanol–water partition coefficient (Wildman–Crippen LogP) is 0.921. The highest BCUT2D eigenvalue weighted by atomic mass is 16.2. The van der Waals surface area contributed by atoms with E-state index in [1.807, 2.05) is 6.07 Å². The lowest BCUT2D eigenvalue weighted by atomic mass is 9.85. The average molecular weight is 275 g/mol. The van der Waals surface area contributed by atoms with Crippen molar-refractivity contribution in [2.75, 3.05) is 6.54 Å². The second kappa shape index (κ2) is 6.05. The monoisotopic (exact) mass is 275 g/mol. The molecular formula is C15H21N3O2. The molecule has 108 valence electrons. The van der Waals surface area contributed by atoms with Gasteiger partial charge in [0.05, 0.1) is 5.41 Å². The number of amides is 2. The summed E-state index contributed by atoms with van der Waals surface area (Å²) in [7, 11) is 0. The van der Waals surface area contributed by atoms with Gasteiger partial charge in [-0.25, -0.2) is 0 Å². The fourth-order valence-corrected chi connectivity index (χ4v) is 2.78. The lowest BCUT2D eigenvalue weighted by Crippen LogP contribution is -2.43. The summed E-state index contributed by atoms with van der Waals surface area (Å²) in [6.45, 7) is 0.780. The maximum Gasteiger partial charge on any atom is 0.248 e. The molecule has 0 heterocycles. The molecule has 1 fully saturated rings. The smallest absolute Gasteiger partial charge is 0.248 e. The van der Waals surface area contributed by atoms with Crippen LogP contribution in [0.2, 0.25) is 0 Å².